The van der Waals surface area contributed by atoms with Crippen LogP contribution in [0.15, 0.2) is 38.9 Å². The molecule has 0 saturated carbocycles. The van der Waals surface area contributed by atoms with E-state index in [1.165, 1.54) is 23.4 Å². The lowest BCUT2D eigenvalue weighted by Crippen LogP contribution is -2.38. The quantitative estimate of drug-likeness (QED) is 0.391. The Hall–Kier alpha value is -3.14. The molecule has 10 heteroatoms. The number of rotatable bonds is 6. The molecule has 0 fully saturated rings. The molecule has 3 rings (SSSR count). The van der Waals surface area contributed by atoms with Crippen LogP contribution in [-0.4, -0.2) is 56.8 Å². The summed E-state index contributed by atoms with van der Waals surface area (Å²) in [5, 5.41) is 0.653. The average Bonchev–Trinajstić information content (AvgIpc) is 2.78. The molecule has 0 bridgehead atoms. The first-order chi connectivity index (χ1) is 15.8. The monoisotopic (exact) mass is 484 g/mol. The smallest absolute Gasteiger partial charge is 0.332 e. The standard InChI is InChI=1S/C24H32N6O3S/c1-24(2,3)22-25-19-18(21(32)30(8)23(33)29(19)7)20(26-22)34-14-17(31)28(6)13-15-9-11-16(12-10-15)27(4)5/h9-12H,13-14H2,1-8H3. The number of carbonyl (C=O) groups is 1. The number of anilines is 1. The molecule has 34 heavy (non-hydrogen) atoms. The van der Waals surface area contributed by atoms with Crippen molar-refractivity contribution in [2.75, 3.05) is 31.8 Å². The lowest BCUT2D eigenvalue weighted by Gasteiger charge is -2.20. The van der Waals surface area contributed by atoms with Gasteiger partial charge in [-0.25, -0.2) is 14.8 Å². The summed E-state index contributed by atoms with van der Waals surface area (Å²) < 4.78 is 2.39. The fourth-order valence-corrected chi connectivity index (χ4v) is 4.33. The number of hydrogen-bond acceptors (Lipinski definition) is 7. The molecule has 1 amide bonds. The van der Waals surface area contributed by atoms with Gasteiger partial charge in [0.15, 0.2) is 5.65 Å². The van der Waals surface area contributed by atoms with Crippen molar-refractivity contribution in [3.05, 3.63) is 56.5 Å². The second-order valence-electron chi connectivity index (χ2n) is 9.61. The van der Waals surface area contributed by atoms with Crippen LogP contribution < -0.4 is 16.1 Å². The minimum absolute atomic E-state index is 0.0904. The van der Waals surface area contributed by atoms with Crippen molar-refractivity contribution < 1.29 is 4.79 Å². The van der Waals surface area contributed by atoms with E-state index in [9.17, 15) is 14.4 Å². The van der Waals surface area contributed by atoms with Crippen LogP contribution in [0.3, 0.4) is 0 Å². The van der Waals surface area contributed by atoms with Crippen LogP contribution in [0.5, 0.6) is 0 Å². The van der Waals surface area contributed by atoms with E-state index in [1.807, 2.05) is 64.0 Å². The van der Waals surface area contributed by atoms with Crippen molar-refractivity contribution >= 4 is 34.4 Å². The molecule has 1 aromatic carbocycles. The molecule has 0 N–H and O–H groups in total. The summed E-state index contributed by atoms with van der Waals surface area (Å²) in [7, 11) is 8.73. The molecular formula is C24H32N6O3S. The lowest BCUT2D eigenvalue weighted by molar-refractivity contribution is -0.127. The summed E-state index contributed by atoms with van der Waals surface area (Å²) in [4.78, 5) is 51.1. The largest absolute Gasteiger partial charge is 0.378 e. The molecule has 9 nitrogen and oxygen atoms in total. The Bertz CT molecular complexity index is 1340. The lowest BCUT2D eigenvalue weighted by atomic mass is 9.96. The first-order valence-corrected chi connectivity index (χ1v) is 11.9. The fourth-order valence-electron chi connectivity index (χ4n) is 3.37. The van der Waals surface area contributed by atoms with Gasteiger partial charge in [0.1, 0.15) is 16.2 Å². The highest BCUT2D eigenvalue weighted by Gasteiger charge is 2.24. The van der Waals surface area contributed by atoms with Crippen LogP contribution in [0, 0.1) is 0 Å². The number of aromatic nitrogens is 4. The van der Waals surface area contributed by atoms with E-state index < -0.39 is 16.7 Å². The summed E-state index contributed by atoms with van der Waals surface area (Å²) in [6.07, 6.45) is 0. The number of hydrogen-bond donors (Lipinski definition) is 0. The van der Waals surface area contributed by atoms with Crippen LogP contribution in [0.25, 0.3) is 11.0 Å². The van der Waals surface area contributed by atoms with Gasteiger partial charge < -0.3 is 9.80 Å². The predicted molar refractivity (Wildman–Crippen MR) is 137 cm³/mol. The minimum Gasteiger partial charge on any atom is -0.378 e. The van der Waals surface area contributed by atoms with E-state index in [0.717, 1.165) is 15.8 Å². The van der Waals surface area contributed by atoms with Gasteiger partial charge in [-0.2, -0.15) is 0 Å². The Morgan fingerprint density at radius 3 is 2.18 bits per heavy atom. The summed E-state index contributed by atoms with van der Waals surface area (Å²) in [5.41, 5.74) is 1.07. The zero-order chi connectivity index (χ0) is 25.4. The molecule has 0 spiro atoms. The van der Waals surface area contributed by atoms with Gasteiger partial charge in [-0.15, -0.1) is 0 Å². The van der Waals surface area contributed by atoms with Crippen LogP contribution in [0.4, 0.5) is 5.69 Å². The highest BCUT2D eigenvalue weighted by atomic mass is 32.2. The zero-order valence-corrected chi connectivity index (χ0v) is 21.9. The number of thioether (sulfide) groups is 1. The maximum absolute atomic E-state index is 12.9. The number of carbonyl (C=O) groups excluding carboxylic acids is 1. The van der Waals surface area contributed by atoms with Gasteiger partial charge in [0, 0.05) is 52.9 Å². The molecule has 2 heterocycles. The first-order valence-electron chi connectivity index (χ1n) is 10.9. The van der Waals surface area contributed by atoms with Crippen molar-refractivity contribution in [3.8, 4) is 0 Å². The fraction of sp³-hybridized carbons (Fsp3) is 0.458. The molecule has 0 atom stereocenters. The van der Waals surface area contributed by atoms with E-state index in [1.54, 1.807) is 19.0 Å². The van der Waals surface area contributed by atoms with Gasteiger partial charge in [-0.05, 0) is 17.7 Å². The highest BCUT2D eigenvalue weighted by Crippen LogP contribution is 2.27. The van der Waals surface area contributed by atoms with Gasteiger partial charge in [-0.3, -0.25) is 18.7 Å². The van der Waals surface area contributed by atoms with Gasteiger partial charge >= 0.3 is 5.69 Å². The number of aryl methyl sites for hydroxylation is 1. The van der Waals surface area contributed by atoms with Gasteiger partial charge in [0.25, 0.3) is 5.56 Å². The summed E-state index contributed by atoms with van der Waals surface area (Å²) >= 11 is 1.19. The van der Waals surface area contributed by atoms with Crippen LogP contribution in [-0.2, 0) is 30.8 Å². The van der Waals surface area contributed by atoms with Crippen LogP contribution in [0.1, 0.15) is 32.2 Å². The summed E-state index contributed by atoms with van der Waals surface area (Å²) in [5.74, 6) is 0.522. The SMILES string of the molecule is CN(Cc1ccc(N(C)C)cc1)C(=O)CSc1nc(C(C)(C)C)nc2c1c(=O)n(C)c(=O)n2C. The van der Waals surface area contributed by atoms with Crippen LogP contribution >= 0.6 is 11.8 Å². The third kappa shape index (κ3) is 5.16. The Morgan fingerprint density at radius 2 is 1.62 bits per heavy atom. The third-order valence-corrected chi connectivity index (χ3v) is 6.53. The molecule has 182 valence electrons. The van der Waals surface area contributed by atoms with Crippen LogP contribution in [0.2, 0.25) is 0 Å². The van der Waals surface area contributed by atoms with Crippen molar-refractivity contribution in [1.29, 1.82) is 0 Å². The van der Waals surface area contributed by atoms with E-state index >= 15 is 0 Å². The predicted octanol–water partition coefficient (Wildman–Crippen LogP) is 2.14. The Kier molecular flexibility index (Phi) is 7.21. The van der Waals surface area contributed by atoms with Crippen molar-refractivity contribution in [2.24, 2.45) is 14.1 Å². The maximum Gasteiger partial charge on any atom is 0.332 e. The molecule has 2 aromatic heterocycles. The molecule has 0 aliphatic heterocycles. The van der Waals surface area contributed by atoms with Crippen molar-refractivity contribution in [1.82, 2.24) is 24.0 Å². The molecule has 0 unspecified atom stereocenters. The van der Waals surface area contributed by atoms with Gasteiger partial charge in [-0.1, -0.05) is 44.7 Å². The number of amides is 1. The topological polar surface area (TPSA) is 93.3 Å². The normalized spacial score (nSPS) is 11.6. The second kappa shape index (κ2) is 9.61. The second-order valence-corrected chi connectivity index (χ2v) is 10.6. The third-order valence-electron chi connectivity index (χ3n) is 5.57. The van der Waals surface area contributed by atoms with Gasteiger partial charge in [0.2, 0.25) is 5.91 Å². The number of benzene rings is 1. The zero-order valence-electron chi connectivity index (χ0n) is 21.0. The number of fused-ring (bicyclic) bond motifs is 1. The highest BCUT2D eigenvalue weighted by molar-refractivity contribution is 8.00. The molecule has 3 aromatic rings. The summed E-state index contributed by atoms with van der Waals surface area (Å²) in [6.45, 7) is 6.36. The summed E-state index contributed by atoms with van der Waals surface area (Å²) in [6, 6.07) is 8.04. The molecule has 0 aliphatic rings. The van der Waals surface area contributed by atoms with E-state index in [0.29, 0.717) is 17.4 Å². The van der Waals surface area contributed by atoms with Crippen molar-refractivity contribution in [2.45, 2.75) is 37.8 Å². The molecule has 0 saturated heterocycles. The first kappa shape index (κ1) is 25.5. The van der Waals surface area contributed by atoms with Gasteiger partial charge in [0.05, 0.1) is 5.75 Å². The number of nitrogens with zero attached hydrogens (tertiary/aromatic N) is 6. The van der Waals surface area contributed by atoms with E-state index in [4.69, 9.17) is 0 Å². The Labute approximate surface area is 203 Å². The maximum atomic E-state index is 12.9. The Morgan fingerprint density at radius 1 is 1.00 bits per heavy atom. The minimum atomic E-state index is -0.470. The van der Waals surface area contributed by atoms with E-state index in [-0.39, 0.29) is 22.7 Å². The average molecular weight is 485 g/mol. The van der Waals surface area contributed by atoms with E-state index in [2.05, 4.69) is 9.97 Å². The van der Waals surface area contributed by atoms with Crippen molar-refractivity contribution in [3.63, 3.8) is 0 Å². The molecular weight excluding hydrogens is 452 g/mol. The molecule has 0 aliphatic carbocycles. The molecule has 0 radical (unpaired) electrons. The Balaban J connectivity index is 1.89.